The van der Waals surface area contributed by atoms with Gasteiger partial charge in [0.05, 0.1) is 12.6 Å². The molecule has 0 spiro atoms. The third-order valence-corrected chi connectivity index (χ3v) is 2.64. The van der Waals surface area contributed by atoms with E-state index in [1.807, 2.05) is 0 Å². The quantitative estimate of drug-likeness (QED) is 0.612. The van der Waals surface area contributed by atoms with Gasteiger partial charge in [-0.15, -0.1) is 12.3 Å². The number of nitrogens with two attached hydrogens (primary N) is 1. The van der Waals surface area contributed by atoms with Gasteiger partial charge in [-0.25, -0.2) is 0 Å². The summed E-state index contributed by atoms with van der Waals surface area (Å²) in [5.41, 5.74) is 5.63. The smallest absolute Gasteiger partial charge is 0.241 e. The molecule has 88 valence electrons. The van der Waals surface area contributed by atoms with Crippen LogP contribution in [0.5, 0.6) is 0 Å². The monoisotopic (exact) mass is 223 g/mol. The Labute approximate surface area is 95.6 Å². The number of carbonyl (C=O) groups is 2. The van der Waals surface area contributed by atoms with E-state index < -0.39 is 6.04 Å². The molecule has 1 atom stereocenters. The van der Waals surface area contributed by atoms with Gasteiger partial charge in [-0.3, -0.25) is 9.59 Å². The van der Waals surface area contributed by atoms with Crippen molar-refractivity contribution in [1.29, 1.82) is 0 Å². The lowest BCUT2D eigenvalue weighted by Crippen LogP contribution is -2.46. The highest BCUT2D eigenvalue weighted by Gasteiger charge is 2.25. The summed E-state index contributed by atoms with van der Waals surface area (Å²) in [5, 5.41) is 0. The number of nitrogens with zero attached hydrogens (tertiary/aromatic N) is 2. The van der Waals surface area contributed by atoms with E-state index in [1.165, 1.54) is 4.90 Å². The van der Waals surface area contributed by atoms with Crippen molar-refractivity contribution in [3.63, 3.8) is 0 Å². The molecule has 1 saturated heterocycles. The van der Waals surface area contributed by atoms with Crippen LogP contribution in [0.1, 0.15) is 12.8 Å². The Balaban J connectivity index is 2.63. The molecule has 0 aromatic rings. The summed E-state index contributed by atoms with van der Waals surface area (Å²) in [6.07, 6.45) is 6.08. The van der Waals surface area contributed by atoms with E-state index >= 15 is 0 Å². The molecular formula is C11H17N3O2. The van der Waals surface area contributed by atoms with Crippen molar-refractivity contribution in [1.82, 2.24) is 9.80 Å². The predicted molar refractivity (Wildman–Crippen MR) is 60.3 cm³/mol. The molecule has 5 heteroatoms. The van der Waals surface area contributed by atoms with Gasteiger partial charge in [0.2, 0.25) is 11.8 Å². The van der Waals surface area contributed by atoms with Crippen LogP contribution in [-0.4, -0.2) is 54.3 Å². The molecule has 2 N–H and O–H groups in total. The lowest BCUT2D eigenvalue weighted by Gasteiger charge is -2.22. The average molecular weight is 223 g/mol. The number of hydrogen-bond acceptors (Lipinski definition) is 3. The lowest BCUT2D eigenvalue weighted by atomic mass is 10.2. The van der Waals surface area contributed by atoms with Crippen LogP contribution < -0.4 is 5.73 Å². The fourth-order valence-electron chi connectivity index (χ4n) is 1.62. The minimum Gasteiger partial charge on any atom is -0.344 e. The summed E-state index contributed by atoms with van der Waals surface area (Å²) < 4.78 is 0. The third kappa shape index (κ3) is 2.97. The van der Waals surface area contributed by atoms with Crippen molar-refractivity contribution in [2.75, 3.05) is 26.7 Å². The maximum Gasteiger partial charge on any atom is 0.241 e. The van der Waals surface area contributed by atoms with Gasteiger partial charge in [-0.1, -0.05) is 0 Å². The SMILES string of the molecule is C#CCC(N)C(=O)N1CCCN(C)C(=O)C1. The van der Waals surface area contributed by atoms with E-state index in [2.05, 4.69) is 5.92 Å². The van der Waals surface area contributed by atoms with Crippen molar-refractivity contribution >= 4 is 11.8 Å². The van der Waals surface area contributed by atoms with Crippen molar-refractivity contribution in [2.24, 2.45) is 5.73 Å². The fraction of sp³-hybridized carbons (Fsp3) is 0.636. The van der Waals surface area contributed by atoms with Crippen LogP contribution in [0.4, 0.5) is 0 Å². The first-order valence-electron chi connectivity index (χ1n) is 5.28. The van der Waals surface area contributed by atoms with Crippen LogP contribution in [0.25, 0.3) is 0 Å². The summed E-state index contributed by atoms with van der Waals surface area (Å²) in [6, 6.07) is -0.693. The Morgan fingerprint density at radius 3 is 2.94 bits per heavy atom. The average Bonchev–Trinajstić information content (AvgIpc) is 2.41. The second-order valence-corrected chi connectivity index (χ2v) is 3.94. The molecule has 1 aliphatic rings. The molecule has 0 radical (unpaired) electrons. The standard InChI is InChI=1S/C11H17N3O2/c1-3-5-9(12)11(16)14-7-4-6-13(2)10(15)8-14/h1,9H,4-8,12H2,2H3. The maximum atomic E-state index is 11.8. The molecule has 0 saturated carbocycles. The second-order valence-electron chi connectivity index (χ2n) is 3.94. The molecule has 16 heavy (non-hydrogen) atoms. The number of likely N-dealkylation sites (N-methyl/N-ethyl adjacent to an activating group) is 1. The molecule has 1 fully saturated rings. The number of rotatable bonds is 2. The summed E-state index contributed by atoms with van der Waals surface area (Å²) in [5.74, 6) is 2.06. The Kier molecular flexibility index (Phi) is 4.32. The van der Waals surface area contributed by atoms with E-state index in [0.29, 0.717) is 13.1 Å². The highest BCUT2D eigenvalue weighted by molar-refractivity contribution is 5.87. The molecule has 0 bridgehead atoms. The van der Waals surface area contributed by atoms with E-state index in [9.17, 15) is 9.59 Å². The van der Waals surface area contributed by atoms with Gasteiger partial charge >= 0.3 is 0 Å². The maximum absolute atomic E-state index is 11.8. The highest BCUT2D eigenvalue weighted by atomic mass is 16.2. The molecule has 0 aromatic heterocycles. The van der Waals surface area contributed by atoms with Crippen molar-refractivity contribution < 1.29 is 9.59 Å². The number of terminal acetylenes is 1. The first-order valence-corrected chi connectivity index (χ1v) is 5.28. The van der Waals surface area contributed by atoms with Gasteiger partial charge in [-0.05, 0) is 6.42 Å². The molecule has 0 aromatic carbocycles. The molecule has 1 unspecified atom stereocenters. The largest absolute Gasteiger partial charge is 0.344 e. The van der Waals surface area contributed by atoms with Crippen molar-refractivity contribution in [2.45, 2.75) is 18.9 Å². The minimum atomic E-state index is -0.693. The van der Waals surface area contributed by atoms with Gasteiger partial charge in [0.25, 0.3) is 0 Å². The molecule has 1 aliphatic heterocycles. The number of carbonyl (C=O) groups excluding carboxylic acids is 2. The Morgan fingerprint density at radius 2 is 2.31 bits per heavy atom. The lowest BCUT2D eigenvalue weighted by molar-refractivity contribution is -0.138. The van der Waals surface area contributed by atoms with Gasteiger partial charge in [0.15, 0.2) is 0 Å². The molecule has 5 nitrogen and oxygen atoms in total. The normalized spacial score (nSPS) is 18.9. The van der Waals surface area contributed by atoms with E-state index in [-0.39, 0.29) is 24.8 Å². The van der Waals surface area contributed by atoms with E-state index in [0.717, 1.165) is 6.42 Å². The Hall–Kier alpha value is -1.54. The van der Waals surface area contributed by atoms with Crippen LogP contribution in [0.15, 0.2) is 0 Å². The van der Waals surface area contributed by atoms with E-state index in [4.69, 9.17) is 12.2 Å². The minimum absolute atomic E-state index is 0.0567. The van der Waals surface area contributed by atoms with Crippen molar-refractivity contribution in [3.05, 3.63) is 0 Å². The zero-order valence-corrected chi connectivity index (χ0v) is 9.48. The molecule has 2 amide bonds. The van der Waals surface area contributed by atoms with E-state index in [1.54, 1.807) is 11.9 Å². The van der Waals surface area contributed by atoms with Crippen LogP contribution in [0.2, 0.25) is 0 Å². The fourth-order valence-corrected chi connectivity index (χ4v) is 1.62. The summed E-state index contributed by atoms with van der Waals surface area (Å²) in [6.45, 7) is 1.34. The molecule has 1 rings (SSSR count). The topological polar surface area (TPSA) is 66.6 Å². The van der Waals surface area contributed by atoms with Gasteiger partial charge in [0.1, 0.15) is 0 Å². The van der Waals surface area contributed by atoms with Crippen LogP contribution >= 0.6 is 0 Å². The van der Waals surface area contributed by atoms with Gasteiger partial charge in [-0.2, -0.15) is 0 Å². The molecule has 1 heterocycles. The third-order valence-electron chi connectivity index (χ3n) is 2.64. The summed E-state index contributed by atoms with van der Waals surface area (Å²) in [7, 11) is 1.73. The highest BCUT2D eigenvalue weighted by Crippen LogP contribution is 2.05. The predicted octanol–water partition coefficient (Wildman–Crippen LogP) is -0.972. The zero-order chi connectivity index (χ0) is 12.1. The van der Waals surface area contributed by atoms with Crippen LogP contribution in [0.3, 0.4) is 0 Å². The summed E-state index contributed by atoms with van der Waals surface area (Å²) >= 11 is 0. The zero-order valence-electron chi connectivity index (χ0n) is 9.48. The first-order chi connectivity index (χ1) is 7.56. The Morgan fingerprint density at radius 1 is 1.62 bits per heavy atom. The van der Waals surface area contributed by atoms with Crippen molar-refractivity contribution in [3.8, 4) is 12.3 Å². The van der Waals surface area contributed by atoms with Gasteiger partial charge in [0, 0.05) is 26.6 Å². The van der Waals surface area contributed by atoms with Crippen LogP contribution in [0, 0.1) is 12.3 Å². The Bertz CT molecular complexity index is 322. The van der Waals surface area contributed by atoms with Crippen LogP contribution in [-0.2, 0) is 9.59 Å². The molecule has 0 aliphatic carbocycles. The van der Waals surface area contributed by atoms with Gasteiger partial charge < -0.3 is 15.5 Å². The number of amides is 2. The number of hydrogen-bond donors (Lipinski definition) is 1. The molecular weight excluding hydrogens is 206 g/mol. The first kappa shape index (κ1) is 12.5. The summed E-state index contributed by atoms with van der Waals surface area (Å²) in [4.78, 5) is 26.5. The second kappa shape index (κ2) is 5.52.